The maximum absolute atomic E-state index is 11.9. The third kappa shape index (κ3) is 5.21. The highest BCUT2D eigenvalue weighted by Crippen LogP contribution is 2.11. The van der Waals surface area contributed by atoms with Crippen LogP contribution >= 0.6 is 0 Å². The van der Waals surface area contributed by atoms with Crippen LogP contribution in [-0.2, 0) is 11.2 Å². The number of nitrogens with zero attached hydrogens (tertiary/aromatic N) is 1. The summed E-state index contributed by atoms with van der Waals surface area (Å²) in [6.07, 6.45) is 0.412. The van der Waals surface area contributed by atoms with E-state index in [2.05, 4.69) is 31.0 Å². The number of methoxy groups -OCH3 is 1. The summed E-state index contributed by atoms with van der Waals surface area (Å²) in [5, 5.41) is 3.00. The third-order valence-electron chi connectivity index (χ3n) is 3.55. The minimum Gasteiger partial charge on any atom is -0.497 e. The smallest absolute Gasteiger partial charge is 0.224 e. The Kier molecular flexibility index (Phi) is 7.09. The quantitative estimate of drug-likeness (QED) is 0.791. The van der Waals surface area contributed by atoms with E-state index in [1.807, 2.05) is 24.3 Å². The van der Waals surface area contributed by atoms with E-state index >= 15 is 0 Å². The molecule has 1 aromatic carbocycles. The monoisotopic (exact) mass is 278 g/mol. The first kappa shape index (κ1) is 16.5. The number of hydrogen-bond acceptors (Lipinski definition) is 3. The molecule has 1 rings (SSSR count). The number of hydrogen-bond donors (Lipinski definition) is 1. The molecule has 0 aliphatic rings. The molecule has 0 saturated carbocycles. The van der Waals surface area contributed by atoms with Gasteiger partial charge in [0.25, 0.3) is 0 Å². The van der Waals surface area contributed by atoms with Crippen LogP contribution in [0.5, 0.6) is 5.75 Å². The number of amides is 1. The van der Waals surface area contributed by atoms with E-state index < -0.39 is 0 Å². The van der Waals surface area contributed by atoms with Crippen molar-refractivity contribution in [2.75, 3.05) is 26.7 Å². The second-order valence-corrected chi connectivity index (χ2v) is 4.90. The molecule has 0 saturated heterocycles. The Morgan fingerprint density at radius 2 is 1.85 bits per heavy atom. The Morgan fingerprint density at radius 1 is 1.25 bits per heavy atom. The summed E-state index contributed by atoms with van der Waals surface area (Å²) in [6.45, 7) is 9.12. The number of rotatable bonds is 8. The number of carbonyl (C=O) groups is 1. The summed E-state index contributed by atoms with van der Waals surface area (Å²) in [5.41, 5.74) is 0.999. The largest absolute Gasteiger partial charge is 0.497 e. The third-order valence-corrected chi connectivity index (χ3v) is 3.55. The van der Waals surface area contributed by atoms with E-state index in [1.54, 1.807) is 7.11 Å². The molecule has 0 fully saturated rings. The van der Waals surface area contributed by atoms with Crippen molar-refractivity contribution in [3.8, 4) is 5.75 Å². The van der Waals surface area contributed by atoms with Gasteiger partial charge in [-0.1, -0.05) is 26.0 Å². The van der Waals surface area contributed by atoms with Crippen molar-refractivity contribution in [2.45, 2.75) is 33.2 Å². The average molecular weight is 278 g/mol. The second-order valence-electron chi connectivity index (χ2n) is 4.90. The summed E-state index contributed by atoms with van der Waals surface area (Å²) in [5.74, 6) is 0.874. The van der Waals surface area contributed by atoms with E-state index in [0.717, 1.165) is 24.4 Å². The lowest BCUT2D eigenvalue weighted by molar-refractivity contribution is -0.120. The molecule has 1 N–H and O–H groups in total. The van der Waals surface area contributed by atoms with Crippen molar-refractivity contribution in [3.63, 3.8) is 0 Å². The van der Waals surface area contributed by atoms with Crippen molar-refractivity contribution in [1.29, 1.82) is 0 Å². The zero-order valence-electron chi connectivity index (χ0n) is 13.0. The first-order valence-electron chi connectivity index (χ1n) is 7.24. The van der Waals surface area contributed by atoms with Gasteiger partial charge in [0.15, 0.2) is 0 Å². The van der Waals surface area contributed by atoms with Gasteiger partial charge in [-0.25, -0.2) is 0 Å². The van der Waals surface area contributed by atoms with Crippen LogP contribution in [-0.4, -0.2) is 43.6 Å². The van der Waals surface area contributed by atoms with Crippen molar-refractivity contribution >= 4 is 5.91 Å². The molecule has 4 nitrogen and oxygen atoms in total. The summed E-state index contributed by atoms with van der Waals surface area (Å²) in [6, 6.07) is 7.96. The first-order chi connectivity index (χ1) is 9.60. The number of benzene rings is 1. The van der Waals surface area contributed by atoms with Gasteiger partial charge < -0.3 is 10.1 Å². The van der Waals surface area contributed by atoms with Crippen LogP contribution < -0.4 is 10.1 Å². The van der Waals surface area contributed by atoms with Gasteiger partial charge in [0, 0.05) is 12.6 Å². The molecule has 20 heavy (non-hydrogen) atoms. The standard InChI is InChI=1S/C16H26N2O2/c1-5-18(6-2)13(3)12-17-16(19)11-14-7-9-15(20-4)10-8-14/h7-10,13H,5-6,11-12H2,1-4H3,(H,17,19). The van der Waals surface area contributed by atoms with Crippen molar-refractivity contribution in [2.24, 2.45) is 0 Å². The fraction of sp³-hybridized carbons (Fsp3) is 0.562. The van der Waals surface area contributed by atoms with E-state index in [0.29, 0.717) is 19.0 Å². The van der Waals surface area contributed by atoms with Crippen molar-refractivity contribution < 1.29 is 9.53 Å². The number of likely N-dealkylation sites (N-methyl/N-ethyl adjacent to an activating group) is 1. The number of carbonyl (C=O) groups excluding carboxylic acids is 1. The Morgan fingerprint density at radius 3 is 2.35 bits per heavy atom. The van der Waals surface area contributed by atoms with Crippen LogP contribution in [0.2, 0.25) is 0 Å². The predicted octanol–water partition coefficient (Wildman–Crippen LogP) is 2.08. The van der Waals surface area contributed by atoms with Crippen LogP contribution in [0.3, 0.4) is 0 Å². The van der Waals surface area contributed by atoms with Gasteiger partial charge in [-0.05, 0) is 37.7 Å². The molecule has 0 spiro atoms. The van der Waals surface area contributed by atoms with Crippen LogP contribution in [0.4, 0.5) is 0 Å². The lowest BCUT2D eigenvalue weighted by Gasteiger charge is -2.26. The highest BCUT2D eigenvalue weighted by atomic mass is 16.5. The lowest BCUT2D eigenvalue weighted by atomic mass is 10.1. The van der Waals surface area contributed by atoms with Crippen LogP contribution in [0.25, 0.3) is 0 Å². The van der Waals surface area contributed by atoms with Gasteiger partial charge in [-0.15, -0.1) is 0 Å². The lowest BCUT2D eigenvalue weighted by Crippen LogP contribution is -2.42. The first-order valence-corrected chi connectivity index (χ1v) is 7.24. The minimum absolute atomic E-state index is 0.0640. The van der Waals surface area contributed by atoms with Crippen molar-refractivity contribution in [3.05, 3.63) is 29.8 Å². The van der Waals surface area contributed by atoms with Gasteiger partial charge in [-0.3, -0.25) is 9.69 Å². The predicted molar refractivity (Wildman–Crippen MR) is 82.1 cm³/mol. The molecular weight excluding hydrogens is 252 g/mol. The SMILES string of the molecule is CCN(CC)C(C)CNC(=O)Cc1ccc(OC)cc1. The molecule has 112 valence electrons. The van der Waals surface area contributed by atoms with Crippen LogP contribution in [0, 0.1) is 0 Å². The Balaban J connectivity index is 2.39. The summed E-state index contributed by atoms with van der Waals surface area (Å²) >= 11 is 0. The topological polar surface area (TPSA) is 41.6 Å². The Hall–Kier alpha value is -1.55. The van der Waals surface area contributed by atoms with E-state index in [9.17, 15) is 4.79 Å². The number of ether oxygens (including phenoxy) is 1. The second kappa shape index (κ2) is 8.59. The molecule has 1 amide bonds. The summed E-state index contributed by atoms with van der Waals surface area (Å²) in [4.78, 5) is 14.2. The molecule has 0 bridgehead atoms. The molecule has 1 unspecified atom stereocenters. The maximum Gasteiger partial charge on any atom is 0.224 e. The zero-order chi connectivity index (χ0) is 15.0. The molecule has 0 radical (unpaired) electrons. The molecule has 4 heteroatoms. The van der Waals surface area contributed by atoms with Gasteiger partial charge in [0.05, 0.1) is 13.5 Å². The molecular formula is C16H26N2O2. The van der Waals surface area contributed by atoms with Crippen LogP contribution in [0.15, 0.2) is 24.3 Å². The summed E-state index contributed by atoms with van der Waals surface area (Å²) in [7, 11) is 1.64. The molecule has 0 aliphatic carbocycles. The number of nitrogens with one attached hydrogen (secondary N) is 1. The zero-order valence-corrected chi connectivity index (χ0v) is 13.0. The highest BCUT2D eigenvalue weighted by molar-refractivity contribution is 5.78. The Bertz CT molecular complexity index is 399. The fourth-order valence-electron chi connectivity index (χ4n) is 2.23. The van der Waals surface area contributed by atoms with E-state index in [4.69, 9.17) is 4.74 Å². The summed E-state index contributed by atoms with van der Waals surface area (Å²) < 4.78 is 5.10. The highest BCUT2D eigenvalue weighted by Gasteiger charge is 2.11. The van der Waals surface area contributed by atoms with Crippen molar-refractivity contribution in [1.82, 2.24) is 10.2 Å². The van der Waals surface area contributed by atoms with Gasteiger partial charge in [0.2, 0.25) is 5.91 Å². The molecule has 0 aliphatic heterocycles. The molecule has 1 atom stereocenters. The fourth-order valence-corrected chi connectivity index (χ4v) is 2.23. The maximum atomic E-state index is 11.9. The van der Waals surface area contributed by atoms with Gasteiger partial charge in [0.1, 0.15) is 5.75 Å². The molecule has 0 heterocycles. The Labute approximate surface area is 122 Å². The van der Waals surface area contributed by atoms with Crippen LogP contribution in [0.1, 0.15) is 26.3 Å². The minimum atomic E-state index is 0.0640. The van der Waals surface area contributed by atoms with Gasteiger partial charge in [-0.2, -0.15) is 0 Å². The molecule has 0 aromatic heterocycles. The molecule has 1 aromatic rings. The van der Waals surface area contributed by atoms with E-state index in [-0.39, 0.29) is 5.91 Å². The van der Waals surface area contributed by atoms with E-state index in [1.165, 1.54) is 0 Å². The average Bonchev–Trinajstić information content (AvgIpc) is 2.47. The van der Waals surface area contributed by atoms with Gasteiger partial charge >= 0.3 is 0 Å². The normalized spacial score (nSPS) is 12.2.